The first-order chi connectivity index (χ1) is 6.79. The van der Waals surface area contributed by atoms with Crippen LogP contribution in [0.25, 0.3) is 0 Å². The standard InChI is InChI=1S/C12H20N2/c1-3-10(2)13-11-6-8-14-7-4-5-12(14)9-11/h1,10-13H,4-9H2,2H3. The van der Waals surface area contributed by atoms with Gasteiger partial charge in [-0.05, 0) is 45.7 Å². The van der Waals surface area contributed by atoms with Gasteiger partial charge in [0.05, 0.1) is 6.04 Å². The van der Waals surface area contributed by atoms with Crippen molar-refractivity contribution in [2.75, 3.05) is 13.1 Å². The molecule has 2 saturated heterocycles. The number of rotatable bonds is 2. The number of hydrogen-bond donors (Lipinski definition) is 1. The summed E-state index contributed by atoms with van der Waals surface area (Å²) in [6, 6.07) is 1.72. The van der Waals surface area contributed by atoms with Crippen molar-refractivity contribution in [3.05, 3.63) is 0 Å². The first kappa shape index (κ1) is 10.0. The van der Waals surface area contributed by atoms with E-state index < -0.39 is 0 Å². The van der Waals surface area contributed by atoms with Crippen LogP contribution in [0, 0.1) is 12.3 Å². The Morgan fingerprint density at radius 3 is 3.07 bits per heavy atom. The Morgan fingerprint density at radius 1 is 1.43 bits per heavy atom. The van der Waals surface area contributed by atoms with Gasteiger partial charge in [0.1, 0.15) is 0 Å². The average Bonchev–Trinajstić information content (AvgIpc) is 2.64. The first-order valence-corrected chi connectivity index (χ1v) is 5.76. The summed E-state index contributed by atoms with van der Waals surface area (Å²) in [7, 11) is 0. The van der Waals surface area contributed by atoms with Gasteiger partial charge in [0.2, 0.25) is 0 Å². The van der Waals surface area contributed by atoms with Gasteiger partial charge in [0, 0.05) is 12.1 Å². The smallest absolute Gasteiger partial charge is 0.0660 e. The third-order valence-corrected chi connectivity index (χ3v) is 3.56. The number of nitrogens with zero attached hydrogens (tertiary/aromatic N) is 1. The molecule has 2 heterocycles. The minimum atomic E-state index is 0.230. The SMILES string of the molecule is C#CC(C)NC1CCN2CCCC2C1. The molecule has 1 N–H and O–H groups in total. The van der Waals surface area contributed by atoms with Gasteiger partial charge in [-0.1, -0.05) is 5.92 Å². The lowest BCUT2D eigenvalue weighted by molar-refractivity contribution is 0.165. The molecular formula is C12H20N2. The van der Waals surface area contributed by atoms with Crippen LogP contribution in [0.5, 0.6) is 0 Å². The molecule has 0 spiro atoms. The Morgan fingerprint density at radius 2 is 2.29 bits per heavy atom. The zero-order chi connectivity index (χ0) is 9.97. The molecule has 2 rings (SSSR count). The van der Waals surface area contributed by atoms with E-state index in [1.807, 2.05) is 0 Å². The summed E-state index contributed by atoms with van der Waals surface area (Å²) < 4.78 is 0. The van der Waals surface area contributed by atoms with E-state index in [9.17, 15) is 0 Å². The Hall–Kier alpha value is -0.520. The van der Waals surface area contributed by atoms with Gasteiger partial charge in [-0.15, -0.1) is 6.42 Å². The molecule has 0 bridgehead atoms. The van der Waals surface area contributed by atoms with Crippen LogP contribution in [0.15, 0.2) is 0 Å². The number of nitrogens with one attached hydrogen (secondary N) is 1. The van der Waals surface area contributed by atoms with Crippen molar-refractivity contribution in [2.24, 2.45) is 0 Å². The second-order valence-electron chi connectivity index (χ2n) is 4.61. The highest BCUT2D eigenvalue weighted by Crippen LogP contribution is 2.26. The van der Waals surface area contributed by atoms with Crippen molar-refractivity contribution in [2.45, 2.75) is 50.7 Å². The predicted octanol–water partition coefficient (Wildman–Crippen LogP) is 1.22. The lowest BCUT2D eigenvalue weighted by Gasteiger charge is -2.35. The highest BCUT2D eigenvalue weighted by atomic mass is 15.2. The summed E-state index contributed by atoms with van der Waals surface area (Å²) in [4.78, 5) is 2.64. The largest absolute Gasteiger partial charge is 0.301 e. The molecular weight excluding hydrogens is 172 g/mol. The molecule has 0 saturated carbocycles. The molecule has 0 amide bonds. The van der Waals surface area contributed by atoms with Crippen LogP contribution in [0.3, 0.4) is 0 Å². The van der Waals surface area contributed by atoms with E-state index in [0.717, 1.165) is 6.04 Å². The molecule has 0 radical (unpaired) electrons. The zero-order valence-electron chi connectivity index (χ0n) is 9.00. The normalized spacial score (nSPS) is 34.9. The molecule has 3 unspecified atom stereocenters. The summed E-state index contributed by atoms with van der Waals surface area (Å²) in [5.74, 6) is 2.75. The minimum absolute atomic E-state index is 0.230. The van der Waals surface area contributed by atoms with Crippen LogP contribution in [0.1, 0.15) is 32.6 Å². The maximum absolute atomic E-state index is 5.37. The Kier molecular flexibility index (Phi) is 3.10. The highest BCUT2D eigenvalue weighted by Gasteiger charge is 2.31. The summed E-state index contributed by atoms with van der Waals surface area (Å²) >= 11 is 0. The van der Waals surface area contributed by atoms with Crippen LogP contribution in [-0.2, 0) is 0 Å². The summed E-state index contributed by atoms with van der Waals surface area (Å²) in [6.45, 7) is 4.66. The van der Waals surface area contributed by atoms with Crippen molar-refractivity contribution in [1.82, 2.24) is 10.2 Å². The molecule has 3 atom stereocenters. The molecule has 78 valence electrons. The van der Waals surface area contributed by atoms with E-state index in [1.54, 1.807) is 0 Å². The molecule has 14 heavy (non-hydrogen) atoms. The van der Waals surface area contributed by atoms with Gasteiger partial charge in [0.25, 0.3) is 0 Å². The van der Waals surface area contributed by atoms with E-state index >= 15 is 0 Å². The van der Waals surface area contributed by atoms with Gasteiger partial charge < -0.3 is 10.2 Å². The number of piperidine rings is 1. The maximum Gasteiger partial charge on any atom is 0.0660 e. The second-order valence-corrected chi connectivity index (χ2v) is 4.61. The molecule has 0 aromatic heterocycles. The minimum Gasteiger partial charge on any atom is -0.301 e. The van der Waals surface area contributed by atoms with Gasteiger partial charge >= 0.3 is 0 Å². The van der Waals surface area contributed by atoms with Crippen LogP contribution < -0.4 is 5.32 Å². The molecule has 0 aromatic rings. The van der Waals surface area contributed by atoms with E-state index in [2.05, 4.69) is 23.1 Å². The lowest BCUT2D eigenvalue weighted by Crippen LogP contribution is -2.47. The third-order valence-electron chi connectivity index (χ3n) is 3.56. The molecule has 0 aliphatic carbocycles. The van der Waals surface area contributed by atoms with Crippen molar-refractivity contribution < 1.29 is 0 Å². The summed E-state index contributed by atoms with van der Waals surface area (Å²) in [6.07, 6.45) is 10.7. The van der Waals surface area contributed by atoms with Crippen LogP contribution >= 0.6 is 0 Å². The van der Waals surface area contributed by atoms with Gasteiger partial charge in [-0.25, -0.2) is 0 Å². The van der Waals surface area contributed by atoms with Crippen LogP contribution in [0.4, 0.5) is 0 Å². The van der Waals surface area contributed by atoms with Crippen LogP contribution in [0.2, 0.25) is 0 Å². The fourth-order valence-corrected chi connectivity index (χ4v) is 2.78. The number of hydrogen-bond acceptors (Lipinski definition) is 2. The molecule has 0 aromatic carbocycles. The fraction of sp³-hybridized carbons (Fsp3) is 0.833. The molecule has 2 aliphatic rings. The topological polar surface area (TPSA) is 15.3 Å². The van der Waals surface area contributed by atoms with E-state index in [4.69, 9.17) is 6.42 Å². The van der Waals surface area contributed by atoms with E-state index in [-0.39, 0.29) is 6.04 Å². The summed E-state index contributed by atoms with van der Waals surface area (Å²) in [5, 5.41) is 3.52. The highest BCUT2D eigenvalue weighted by molar-refractivity contribution is 4.99. The molecule has 2 aliphatic heterocycles. The van der Waals surface area contributed by atoms with Crippen molar-refractivity contribution in [1.29, 1.82) is 0 Å². The predicted molar refractivity (Wildman–Crippen MR) is 59.0 cm³/mol. The Bertz CT molecular complexity index is 231. The van der Waals surface area contributed by atoms with Gasteiger partial charge in [0.15, 0.2) is 0 Å². The molecule has 2 heteroatoms. The number of terminal acetylenes is 1. The zero-order valence-corrected chi connectivity index (χ0v) is 9.00. The van der Waals surface area contributed by atoms with Crippen molar-refractivity contribution in [3.8, 4) is 12.3 Å². The maximum atomic E-state index is 5.37. The molecule has 2 nitrogen and oxygen atoms in total. The van der Waals surface area contributed by atoms with Crippen molar-refractivity contribution in [3.63, 3.8) is 0 Å². The lowest BCUT2D eigenvalue weighted by atomic mass is 9.97. The monoisotopic (exact) mass is 192 g/mol. The quantitative estimate of drug-likeness (QED) is 0.662. The van der Waals surface area contributed by atoms with Gasteiger partial charge in [-0.2, -0.15) is 0 Å². The molecule has 2 fully saturated rings. The first-order valence-electron chi connectivity index (χ1n) is 5.76. The Balaban J connectivity index is 1.83. The average molecular weight is 192 g/mol. The summed E-state index contributed by atoms with van der Waals surface area (Å²) in [5.41, 5.74) is 0. The number of fused-ring (bicyclic) bond motifs is 1. The third kappa shape index (κ3) is 2.10. The van der Waals surface area contributed by atoms with E-state index in [1.165, 1.54) is 38.8 Å². The van der Waals surface area contributed by atoms with E-state index in [0.29, 0.717) is 6.04 Å². The second kappa shape index (κ2) is 4.33. The fourth-order valence-electron chi connectivity index (χ4n) is 2.78. The Labute approximate surface area is 87.1 Å². The van der Waals surface area contributed by atoms with Crippen LogP contribution in [-0.4, -0.2) is 36.1 Å². The van der Waals surface area contributed by atoms with Crippen molar-refractivity contribution >= 4 is 0 Å². The van der Waals surface area contributed by atoms with Gasteiger partial charge in [-0.3, -0.25) is 0 Å².